The van der Waals surface area contributed by atoms with Gasteiger partial charge in [-0.15, -0.1) is 0 Å². The van der Waals surface area contributed by atoms with Gasteiger partial charge in [-0.2, -0.15) is 5.10 Å². The summed E-state index contributed by atoms with van der Waals surface area (Å²) in [5.41, 5.74) is 2.70. The predicted octanol–water partition coefficient (Wildman–Crippen LogP) is 0.652. The van der Waals surface area contributed by atoms with Gasteiger partial charge in [0.15, 0.2) is 0 Å². The summed E-state index contributed by atoms with van der Waals surface area (Å²) in [7, 11) is 0. The largest absolute Gasteiger partial charge is 0.506 e. The van der Waals surface area contributed by atoms with E-state index in [4.69, 9.17) is 0 Å². The lowest BCUT2D eigenvalue weighted by molar-refractivity contribution is 0.0952. The molecule has 0 bridgehead atoms. The Morgan fingerprint density at radius 1 is 1.16 bits per heavy atom. The van der Waals surface area contributed by atoms with Crippen molar-refractivity contribution in [2.24, 2.45) is 5.10 Å². The van der Waals surface area contributed by atoms with E-state index >= 15 is 0 Å². The highest BCUT2D eigenvalue weighted by molar-refractivity contribution is 5.97. The fourth-order valence-electron chi connectivity index (χ4n) is 1.30. The van der Waals surface area contributed by atoms with E-state index in [9.17, 15) is 15.0 Å². The SMILES string of the molecule is O=C(NN=Cc1ccncc1O)c1ccncc1O. The first-order chi connectivity index (χ1) is 9.18. The number of rotatable bonds is 3. The van der Waals surface area contributed by atoms with Crippen LogP contribution in [0.25, 0.3) is 0 Å². The Hall–Kier alpha value is -2.96. The molecule has 0 saturated heterocycles. The highest BCUT2D eigenvalue weighted by atomic mass is 16.3. The minimum Gasteiger partial charge on any atom is -0.506 e. The fraction of sp³-hybridized carbons (Fsp3) is 0. The molecular weight excluding hydrogens is 248 g/mol. The second-order valence-corrected chi connectivity index (χ2v) is 3.53. The maximum atomic E-state index is 11.7. The normalized spacial score (nSPS) is 10.5. The van der Waals surface area contributed by atoms with Crippen molar-refractivity contribution in [3.63, 3.8) is 0 Å². The Labute approximate surface area is 108 Å². The van der Waals surface area contributed by atoms with Crippen LogP contribution in [0.1, 0.15) is 15.9 Å². The van der Waals surface area contributed by atoms with E-state index in [1.54, 1.807) is 0 Å². The van der Waals surface area contributed by atoms with Crippen LogP contribution >= 0.6 is 0 Å². The highest BCUT2D eigenvalue weighted by Gasteiger charge is 2.09. The van der Waals surface area contributed by atoms with E-state index in [2.05, 4.69) is 20.5 Å². The summed E-state index contributed by atoms with van der Waals surface area (Å²) in [5, 5.41) is 22.5. The van der Waals surface area contributed by atoms with Crippen LogP contribution in [0.5, 0.6) is 11.5 Å². The van der Waals surface area contributed by atoms with Gasteiger partial charge in [-0.25, -0.2) is 5.43 Å². The monoisotopic (exact) mass is 258 g/mol. The van der Waals surface area contributed by atoms with Gasteiger partial charge < -0.3 is 10.2 Å². The lowest BCUT2D eigenvalue weighted by atomic mass is 10.2. The Kier molecular flexibility index (Phi) is 3.67. The maximum absolute atomic E-state index is 11.7. The first kappa shape index (κ1) is 12.5. The van der Waals surface area contributed by atoms with E-state index in [1.165, 1.54) is 36.9 Å². The number of nitrogens with one attached hydrogen (secondary N) is 1. The van der Waals surface area contributed by atoms with E-state index in [1.807, 2.05) is 0 Å². The van der Waals surface area contributed by atoms with E-state index in [-0.39, 0.29) is 17.1 Å². The molecule has 2 aromatic rings. The Bertz CT molecular complexity index is 628. The smallest absolute Gasteiger partial charge is 0.275 e. The molecule has 0 atom stereocenters. The Morgan fingerprint density at radius 2 is 1.84 bits per heavy atom. The van der Waals surface area contributed by atoms with Crippen molar-refractivity contribution in [1.82, 2.24) is 15.4 Å². The van der Waals surface area contributed by atoms with Crippen LogP contribution in [0.3, 0.4) is 0 Å². The van der Waals surface area contributed by atoms with Gasteiger partial charge in [-0.3, -0.25) is 14.8 Å². The second-order valence-electron chi connectivity index (χ2n) is 3.53. The van der Waals surface area contributed by atoms with Gasteiger partial charge in [0, 0.05) is 18.0 Å². The van der Waals surface area contributed by atoms with Crippen molar-refractivity contribution in [2.75, 3.05) is 0 Å². The van der Waals surface area contributed by atoms with E-state index < -0.39 is 5.91 Å². The molecule has 7 nitrogen and oxygen atoms in total. The molecule has 0 spiro atoms. The van der Waals surface area contributed by atoms with Crippen LogP contribution in [-0.2, 0) is 0 Å². The standard InChI is InChI=1S/C12H10N4O3/c17-10-6-13-3-1-8(10)5-15-16-12(19)9-2-4-14-7-11(9)18/h1-7,17-18H,(H,16,19). The summed E-state index contributed by atoms with van der Waals surface area (Å²) >= 11 is 0. The summed E-state index contributed by atoms with van der Waals surface area (Å²) in [6, 6.07) is 2.90. The quantitative estimate of drug-likeness (QED) is 0.553. The molecule has 0 fully saturated rings. The van der Waals surface area contributed by atoms with Gasteiger partial charge in [0.25, 0.3) is 5.91 Å². The van der Waals surface area contributed by atoms with Crippen LogP contribution in [0.15, 0.2) is 42.0 Å². The molecule has 0 radical (unpaired) electrons. The van der Waals surface area contributed by atoms with Gasteiger partial charge in [0.1, 0.15) is 11.5 Å². The number of hydrogen-bond acceptors (Lipinski definition) is 6. The molecule has 7 heteroatoms. The predicted molar refractivity (Wildman–Crippen MR) is 66.9 cm³/mol. The average molecular weight is 258 g/mol. The number of hydrazone groups is 1. The molecule has 19 heavy (non-hydrogen) atoms. The van der Waals surface area contributed by atoms with E-state index in [0.29, 0.717) is 5.56 Å². The first-order valence-electron chi connectivity index (χ1n) is 5.28. The van der Waals surface area contributed by atoms with Crippen LogP contribution in [0.4, 0.5) is 0 Å². The summed E-state index contributed by atoms with van der Waals surface area (Å²) in [4.78, 5) is 19.0. The number of pyridine rings is 2. The third-order valence-corrected chi connectivity index (χ3v) is 2.25. The van der Waals surface area contributed by atoms with Crippen molar-refractivity contribution in [1.29, 1.82) is 0 Å². The van der Waals surface area contributed by atoms with Gasteiger partial charge in [-0.1, -0.05) is 0 Å². The number of nitrogens with zero attached hydrogens (tertiary/aromatic N) is 3. The van der Waals surface area contributed by atoms with Crippen LogP contribution in [0.2, 0.25) is 0 Å². The minimum atomic E-state index is -0.579. The van der Waals surface area contributed by atoms with Crippen molar-refractivity contribution >= 4 is 12.1 Å². The molecule has 0 aliphatic rings. The molecule has 2 heterocycles. The molecule has 0 aliphatic heterocycles. The third kappa shape index (κ3) is 3.03. The van der Waals surface area contributed by atoms with Crippen LogP contribution < -0.4 is 5.43 Å². The van der Waals surface area contributed by atoms with Gasteiger partial charge in [0.05, 0.1) is 24.2 Å². The average Bonchev–Trinajstić information content (AvgIpc) is 2.41. The molecular formula is C12H10N4O3. The molecule has 3 N–H and O–H groups in total. The van der Waals surface area contributed by atoms with Crippen molar-refractivity contribution in [2.45, 2.75) is 0 Å². The molecule has 0 saturated carbocycles. The molecule has 0 unspecified atom stereocenters. The minimum absolute atomic E-state index is 0.0488. The van der Waals surface area contributed by atoms with Crippen molar-refractivity contribution in [3.8, 4) is 11.5 Å². The molecule has 96 valence electrons. The van der Waals surface area contributed by atoms with Crippen LogP contribution in [0, 0.1) is 0 Å². The molecule has 2 aromatic heterocycles. The summed E-state index contributed by atoms with van der Waals surface area (Å²) < 4.78 is 0. The molecule has 0 aliphatic carbocycles. The fourth-order valence-corrected chi connectivity index (χ4v) is 1.30. The van der Waals surface area contributed by atoms with Crippen LogP contribution in [-0.4, -0.2) is 32.3 Å². The number of hydrogen-bond donors (Lipinski definition) is 3. The topological polar surface area (TPSA) is 108 Å². The summed E-state index contributed by atoms with van der Waals surface area (Å²) in [6.45, 7) is 0. The van der Waals surface area contributed by atoms with E-state index in [0.717, 1.165) is 6.20 Å². The second kappa shape index (κ2) is 5.58. The summed E-state index contributed by atoms with van der Waals surface area (Å²) in [6.07, 6.45) is 6.56. The first-order valence-corrected chi connectivity index (χ1v) is 5.28. The van der Waals surface area contributed by atoms with Crippen molar-refractivity contribution < 1.29 is 15.0 Å². The lowest BCUT2D eigenvalue weighted by Gasteiger charge is -2.01. The van der Waals surface area contributed by atoms with Crippen molar-refractivity contribution in [3.05, 3.63) is 48.0 Å². The zero-order chi connectivity index (χ0) is 13.7. The lowest BCUT2D eigenvalue weighted by Crippen LogP contribution is -2.17. The van der Waals surface area contributed by atoms with Gasteiger partial charge in [0.2, 0.25) is 0 Å². The Morgan fingerprint density at radius 3 is 2.53 bits per heavy atom. The molecule has 2 rings (SSSR count). The molecule has 0 aromatic carbocycles. The maximum Gasteiger partial charge on any atom is 0.275 e. The zero-order valence-electron chi connectivity index (χ0n) is 9.69. The number of amides is 1. The number of aromatic hydroxyl groups is 2. The highest BCUT2D eigenvalue weighted by Crippen LogP contribution is 2.13. The number of aromatic nitrogens is 2. The Balaban J connectivity index is 2.06. The third-order valence-electron chi connectivity index (χ3n) is 2.25. The zero-order valence-corrected chi connectivity index (χ0v) is 9.69. The van der Waals surface area contributed by atoms with Gasteiger partial charge >= 0.3 is 0 Å². The summed E-state index contributed by atoms with van der Waals surface area (Å²) in [5.74, 6) is -0.862. The molecule has 1 amide bonds. The number of carbonyl (C=O) groups is 1. The van der Waals surface area contributed by atoms with Gasteiger partial charge in [-0.05, 0) is 12.1 Å². The number of carbonyl (C=O) groups excluding carboxylic acids is 1.